The quantitative estimate of drug-likeness (QED) is 0.799. The second-order valence-corrected chi connectivity index (χ2v) is 5.90. The lowest BCUT2D eigenvalue weighted by atomic mass is 10.2. The van der Waals surface area contributed by atoms with Crippen LogP contribution in [0.15, 0.2) is 30.5 Å². The van der Waals surface area contributed by atoms with Crippen LogP contribution >= 0.6 is 0 Å². The van der Waals surface area contributed by atoms with Crippen LogP contribution in [-0.2, 0) is 17.9 Å². The molecule has 26 heavy (non-hydrogen) atoms. The number of amides is 3. The van der Waals surface area contributed by atoms with Gasteiger partial charge in [0.15, 0.2) is 0 Å². The fraction of sp³-hybridized carbons (Fsp3) is 0.294. The van der Waals surface area contributed by atoms with E-state index in [1.165, 1.54) is 30.5 Å². The van der Waals surface area contributed by atoms with Crippen molar-refractivity contribution < 1.29 is 18.8 Å². The lowest BCUT2D eigenvalue weighted by Crippen LogP contribution is -2.40. The molecule has 9 heteroatoms. The van der Waals surface area contributed by atoms with Gasteiger partial charge in [0.25, 0.3) is 11.8 Å². The van der Waals surface area contributed by atoms with Gasteiger partial charge in [0, 0.05) is 31.6 Å². The van der Waals surface area contributed by atoms with Crippen molar-refractivity contribution in [2.24, 2.45) is 5.73 Å². The predicted molar refractivity (Wildman–Crippen MR) is 89.5 cm³/mol. The summed E-state index contributed by atoms with van der Waals surface area (Å²) in [6, 6.07) is 5.17. The number of imidazole rings is 1. The number of halogens is 1. The molecule has 0 saturated heterocycles. The zero-order valence-electron chi connectivity index (χ0n) is 13.9. The zero-order valence-corrected chi connectivity index (χ0v) is 13.9. The molecular weight excluding hydrogens is 341 g/mol. The van der Waals surface area contributed by atoms with Crippen LogP contribution < -0.4 is 11.1 Å². The van der Waals surface area contributed by atoms with E-state index in [0.717, 1.165) is 0 Å². The van der Waals surface area contributed by atoms with E-state index in [1.54, 1.807) is 9.47 Å². The van der Waals surface area contributed by atoms with Gasteiger partial charge in [0.1, 0.15) is 17.3 Å². The van der Waals surface area contributed by atoms with Crippen molar-refractivity contribution in [1.82, 2.24) is 19.8 Å². The molecule has 0 bridgehead atoms. The number of nitrogens with two attached hydrogens (primary N) is 1. The monoisotopic (exact) mass is 359 g/mol. The van der Waals surface area contributed by atoms with Gasteiger partial charge in [-0.2, -0.15) is 0 Å². The number of rotatable bonds is 5. The third kappa shape index (κ3) is 3.71. The fourth-order valence-electron chi connectivity index (χ4n) is 2.81. The first-order valence-electron chi connectivity index (χ1n) is 8.11. The van der Waals surface area contributed by atoms with Crippen LogP contribution in [0.1, 0.15) is 33.1 Å². The second-order valence-electron chi connectivity index (χ2n) is 5.90. The van der Waals surface area contributed by atoms with Crippen molar-refractivity contribution in [3.8, 4) is 0 Å². The Morgan fingerprint density at radius 1 is 1.19 bits per heavy atom. The van der Waals surface area contributed by atoms with E-state index in [-0.39, 0.29) is 31.3 Å². The van der Waals surface area contributed by atoms with Gasteiger partial charge < -0.3 is 20.5 Å². The number of benzene rings is 1. The first-order valence-corrected chi connectivity index (χ1v) is 8.11. The minimum atomic E-state index is -0.549. The van der Waals surface area contributed by atoms with Crippen molar-refractivity contribution in [3.05, 3.63) is 53.4 Å². The summed E-state index contributed by atoms with van der Waals surface area (Å²) in [4.78, 5) is 41.3. The number of hydrogen-bond donors (Lipinski definition) is 2. The van der Waals surface area contributed by atoms with Gasteiger partial charge in [-0.15, -0.1) is 0 Å². The standard InChI is InChI=1S/C17H18FN5O3/c18-12-3-1-11(2-4-12)17(26)20-6-5-15(24)22-7-8-23-13(16(19)25)9-21-14(23)10-22/h1-4,9H,5-8,10H2,(H2,19,25)(H,20,26). The molecule has 2 heterocycles. The zero-order chi connectivity index (χ0) is 18.7. The molecule has 0 saturated carbocycles. The first kappa shape index (κ1) is 17.6. The number of aromatic nitrogens is 2. The van der Waals surface area contributed by atoms with Crippen molar-refractivity contribution in [3.63, 3.8) is 0 Å². The van der Waals surface area contributed by atoms with Gasteiger partial charge in [0.2, 0.25) is 5.91 Å². The number of fused-ring (bicyclic) bond motifs is 1. The summed E-state index contributed by atoms with van der Waals surface area (Å²) in [7, 11) is 0. The molecule has 136 valence electrons. The first-order chi connectivity index (χ1) is 12.5. The lowest BCUT2D eigenvalue weighted by molar-refractivity contribution is -0.132. The molecule has 0 aliphatic carbocycles. The third-order valence-electron chi connectivity index (χ3n) is 4.20. The van der Waals surface area contributed by atoms with Crippen LogP contribution in [-0.4, -0.2) is 45.3 Å². The average Bonchev–Trinajstić information content (AvgIpc) is 3.05. The highest BCUT2D eigenvalue weighted by Crippen LogP contribution is 2.14. The Balaban J connectivity index is 1.50. The summed E-state index contributed by atoms with van der Waals surface area (Å²) in [5.74, 6) is -0.849. The van der Waals surface area contributed by atoms with Crippen LogP contribution in [0.4, 0.5) is 4.39 Å². The number of nitrogens with one attached hydrogen (secondary N) is 1. The van der Waals surface area contributed by atoms with Gasteiger partial charge in [-0.05, 0) is 24.3 Å². The van der Waals surface area contributed by atoms with Gasteiger partial charge in [-0.1, -0.05) is 0 Å². The molecule has 3 amide bonds. The topological polar surface area (TPSA) is 110 Å². The normalized spacial score (nSPS) is 13.2. The Morgan fingerprint density at radius 2 is 1.92 bits per heavy atom. The highest BCUT2D eigenvalue weighted by molar-refractivity contribution is 5.94. The maximum atomic E-state index is 12.9. The molecule has 1 aromatic heterocycles. The van der Waals surface area contributed by atoms with Crippen LogP contribution in [0, 0.1) is 5.82 Å². The van der Waals surface area contributed by atoms with Crippen molar-refractivity contribution in [1.29, 1.82) is 0 Å². The highest BCUT2D eigenvalue weighted by Gasteiger charge is 2.24. The number of nitrogens with zero attached hydrogens (tertiary/aromatic N) is 3. The minimum absolute atomic E-state index is 0.126. The van der Waals surface area contributed by atoms with E-state index in [2.05, 4.69) is 10.3 Å². The molecule has 8 nitrogen and oxygen atoms in total. The lowest BCUT2D eigenvalue weighted by Gasteiger charge is -2.28. The molecule has 0 radical (unpaired) electrons. The predicted octanol–water partition coefficient (Wildman–Crippen LogP) is 0.283. The number of carbonyl (C=O) groups is 3. The molecule has 0 fully saturated rings. The number of hydrogen-bond acceptors (Lipinski definition) is 4. The Labute approximate surface area is 148 Å². The summed E-state index contributed by atoms with van der Waals surface area (Å²) >= 11 is 0. The molecule has 1 aromatic carbocycles. The summed E-state index contributed by atoms with van der Waals surface area (Å²) in [5.41, 5.74) is 5.95. The number of carbonyl (C=O) groups excluding carboxylic acids is 3. The minimum Gasteiger partial charge on any atom is -0.364 e. The van der Waals surface area contributed by atoms with Gasteiger partial charge >= 0.3 is 0 Å². The third-order valence-corrected chi connectivity index (χ3v) is 4.20. The fourth-order valence-corrected chi connectivity index (χ4v) is 2.81. The second kappa shape index (κ2) is 7.34. The summed E-state index contributed by atoms with van der Waals surface area (Å²) in [5, 5.41) is 2.64. The number of primary amides is 1. The van der Waals surface area contributed by atoms with E-state index in [4.69, 9.17) is 5.73 Å². The van der Waals surface area contributed by atoms with E-state index in [1.807, 2.05) is 0 Å². The highest BCUT2D eigenvalue weighted by atomic mass is 19.1. The van der Waals surface area contributed by atoms with Crippen LogP contribution in [0.5, 0.6) is 0 Å². The van der Waals surface area contributed by atoms with Gasteiger partial charge in [0.05, 0.1) is 12.7 Å². The summed E-state index contributed by atoms with van der Waals surface area (Å²) < 4.78 is 14.6. The Bertz CT molecular complexity index is 847. The molecule has 2 aromatic rings. The van der Waals surface area contributed by atoms with Crippen molar-refractivity contribution in [2.75, 3.05) is 13.1 Å². The Kier molecular flexibility index (Phi) is 4.97. The molecule has 0 unspecified atom stereocenters. The van der Waals surface area contributed by atoms with Gasteiger partial charge in [-0.3, -0.25) is 14.4 Å². The molecule has 3 rings (SSSR count). The average molecular weight is 359 g/mol. The van der Waals surface area contributed by atoms with Crippen LogP contribution in [0.25, 0.3) is 0 Å². The van der Waals surface area contributed by atoms with E-state index in [9.17, 15) is 18.8 Å². The van der Waals surface area contributed by atoms with E-state index >= 15 is 0 Å². The molecular formula is C17H18FN5O3. The van der Waals surface area contributed by atoms with Gasteiger partial charge in [-0.25, -0.2) is 9.37 Å². The molecule has 1 aliphatic rings. The Hall–Kier alpha value is -3.23. The molecule has 0 atom stereocenters. The van der Waals surface area contributed by atoms with E-state index in [0.29, 0.717) is 30.2 Å². The maximum Gasteiger partial charge on any atom is 0.266 e. The smallest absolute Gasteiger partial charge is 0.266 e. The van der Waals surface area contributed by atoms with Crippen molar-refractivity contribution >= 4 is 17.7 Å². The van der Waals surface area contributed by atoms with Crippen LogP contribution in [0.3, 0.4) is 0 Å². The molecule has 1 aliphatic heterocycles. The van der Waals surface area contributed by atoms with E-state index < -0.39 is 11.7 Å². The molecule has 0 spiro atoms. The van der Waals surface area contributed by atoms with Crippen LogP contribution in [0.2, 0.25) is 0 Å². The SMILES string of the molecule is NC(=O)c1cnc2n1CCN(C(=O)CCNC(=O)c1ccc(F)cc1)C2. The largest absolute Gasteiger partial charge is 0.364 e. The summed E-state index contributed by atoms with van der Waals surface area (Å²) in [6.07, 6.45) is 1.55. The summed E-state index contributed by atoms with van der Waals surface area (Å²) in [6.45, 7) is 1.35. The van der Waals surface area contributed by atoms with Crippen molar-refractivity contribution in [2.45, 2.75) is 19.5 Å². The Morgan fingerprint density at radius 3 is 2.62 bits per heavy atom. The molecule has 3 N–H and O–H groups in total. The maximum absolute atomic E-state index is 12.9.